The molecule has 2 heterocycles. The van der Waals surface area contributed by atoms with Gasteiger partial charge in [-0.15, -0.1) is 12.4 Å². The minimum absolute atomic E-state index is 0. The second-order valence-electron chi connectivity index (χ2n) is 9.42. The Bertz CT molecular complexity index is 1380. The number of carbonyl (C=O) groups excluding carboxylic acids is 3. The number of carbonyl (C=O) groups is 3. The van der Waals surface area contributed by atoms with Crippen molar-refractivity contribution in [1.82, 2.24) is 10.9 Å². The molecule has 49 heavy (non-hydrogen) atoms. The van der Waals surface area contributed by atoms with Crippen molar-refractivity contribution in [2.75, 3.05) is 13.2 Å². The quantitative estimate of drug-likeness (QED) is 0.0300. The molecular weight excluding hydrogens is 695 g/mol. The maximum atomic E-state index is 11.6. The number of nitrogens with two attached hydrogens (primary N) is 3. The summed E-state index contributed by atoms with van der Waals surface area (Å²) in [5.74, 6) is 8.36. The molecule has 2 aromatic rings. The summed E-state index contributed by atoms with van der Waals surface area (Å²) in [6.45, 7) is -0.963. The largest absolute Gasteiger partial charge is 1.00 e. The second kappa shape index (κ2) is 22.4. The molecule has 4 rings (SSSR count). The third-order valence-electron chi connectivity index (χ3n) is 6.17. The van der Waals surface area contributed by atoms with E-state index in [-0.39, 0.29) is 64.8 Å². The molecule has 15 N–H and O–H groups in total. The Kier molecular flexibility index (Phi) is 20.8. The number of aliphatic hydroxyl groups is 6. The van der Waals surface area contributed by atoms with Gasteiger partial charge in [0.1, 0.15) is 48.7 Å². The van der Waals surface area contributed by atoms with Gasteiger partial charge in [-0.25, -0.2) is 26.3 Å². The Morgan fingerprint density at radius 3 is 1.71 bits per heavy atom. The van der Waals surface area contributed by atoms with Crippen molar-refractivity contribution >= 4 is 37.0 Å². The number of urea groups is 2. The SMILES string of the molecule is Cl.NNC(=O)N=Cc1ccc(OC2OC(CO)C(O)C2O)c(O)c1.NNC(N)=O.O=Cc1ccc(OC2OC(CO)C(O)C2O)c([O-])c1.[Na+]. The molecule has 21 nitrogen and oxygen atoms in total. The van der Waals surface area contributed by atoms with Gasteiger partial charge in [-0.3, -0.25) is 15.6 Å². The smallest absolute Gasteiger partial charge is 0.870 e. The van der Waals surface area contributed by atoms with Crippen molar-refractivity contribution in [3.8, 4) is 23.0 Å². The third kappa shape index (κ3) is 13.4. The molecule has 0 aromatic heterocycles. The summed E-state index contributed by atoms with van der Waals surface area (Å²) >= 11 is 0. The van der Waals surface area contributed by atoms with Crippen molar-refractivity contribution in [3.05, 3.63) is 47.5 Å². The van der Waals surface area contributed by atoms with Gasteiger partial charge in [0.05, 0.1) is 13.2 Å². The number of amides is 4. The summed E-state index contributed by atoms with van der Waals surface area (Å²) in [6, 6.07) is 6.40. The first-order chi connectivity index (χ1) is 22.3. The van der Waals surface area contributed by atoms with Crippen molar-refractivity contribution in [1.29, 1.82) is 0 Å². The van der Waals surface area contributed by atoms with Gasteiger partial charge >= 0.3 is 41.6 Å². The van der Waals surface area contributed by atoms with Gasteiger partial charge in [0, 0.05) is 11.8 Å². The molecule has 0 bridgehead atoms. The number of nitrogens with zero attached hydrogens (tertiary/aromatic N) is 1. The Morgan fingerprint density at radius 1 is 0.857 bits per heavy atom. The molecule has 8 unspecified atom stereocenters. The van der Waals surface area contributed by atoms with Crippen LogP contribution in [-0.2, 0) is 9.47 Å². The maximum absolute atomic E-state index is 11.6. The zero-order valence-electron chi connectivity index (χ0n) is 25.6. The topological polar surface area (TPSA) is 367 Å². The number of hydrazine groups is 2. The molecule has 2 aliphatic rings. The van der Waals surface area contributed by atoms with Gasteiger partial charge in [0.2, 0.25) is 12.6 Å². The molecule has 0 spiro atoms. The number of hydrogen-bond acceptors (Lipinski definition) is 17. The van der Waals surface area contributed by atoms with E-state index in [2.05, 4.69) is 16.6 Å². The summed E-state index contributed by atoms with van der Waals surface area (Å²) in [7, 11) is 0. The first-order valence-corrected chi connectivity index (χ1v) is 13.3. The number of aldehydes is 1. The number of rotatable bonds is 8. The van der Waals surface area contributed by atoms with Crippen molar-refractivity contribution in [2.24, 2.45) is 22.4 Å². The summed E-state index contributed by atoms with van der Waals surface area (Å²) in [5, 5.41) is 77.9. The molecule has 2 aliphatic heterocycles. The number of aromatic hydroxyl groups is 1. The Labute approximate surface area is 305 Å². The number of aliphatic hydroxyl groups excluding tert-OH is 6. The Hall–Kier alpha value is -3.39. The summed E-state index contributed by atoms with van der Waals surface area (Å²) in [5.41, 5.74) is 8.51. The number of phenols is 1. The van der Waals surface area contributed by atoms with Gasteiger partial charge in [0.15, 0.2) is 11.5 Å². The number of nitrogens with one attached hydrogen (secondary N) is 2. The van der Waals surface area contributed by atoms with Crippen LogP contribution in [0.4, 0.5) is 9.59 Å². The predicted molar refractivity (Wildman–Crippen MR) is 161 cm³/mol. The van der Waals surface area contributed by atoms with E-state index in [1.807, 2.05) is 5.43 Å². The molecule has 8 atom stereocenters. The van der Waals surface area contributed by atoms with Crippen LogP contribution in [-0.4, -0.2) is 123 Å². The van der Waals surface area contributed by atoms with E-state index >= 15 is 0 Å². The number of phenolic OH excluding ortho intramolecular Hbond substituents is 1. The minimum Gasteiger partial charge on any atom is -0.870 e. The molecule has 4 amide bonds. The van der Waals surface area contributed by atoms with E-state index in [1.54, 1.807) is 5.43 Å². The zero-order chi connectivity index (χ0) is 35.3. The fourth-order valence-electron chi connectivity index (χ4n) is 3.76. The van der Waals surface area contributed by atoms with Crippen LogP contribution in [0.25, 0.3) is 0 Å². The average Bonchev–Trinajstić information content (AvgIpc) is 3.50. The van der Waals surface area contributed by atoms with E-state index in [1.165, 1.54) is 36.5 Å². The van der Waals surface area contributed by atoms with Crippen LogP contribution < -0.4 is 72.4 Å². The molecule has 2 saturated heterocycles. The number of ether oxygens (including phenoxy) is 4. The first kappa shape index (κ1) is 45.6. The molecule has 0 aliphatic carbocycles. The fraction of sp³-hybridized carbons (Fsp3) is 0.385. The molecule has 2 fully saturated rings. The van der Waals surface area contributed by atoms with E-state index < -0.39 is 80.2 Å². The van der Waals surface area contributed by atoms with Crippen LogP contribution in [0.3, 0.4) is 0 Å². The number of hydrogen-bond donors (Lipinski definition) is 12. The normalized spacial score (nSPS) is 25.2. The van der Waals surface area contributed by atoms with Crippen LogP contribution >= 0.6 is 12.4 Å². The van der Waals surface area contributed by atoms with Gasteiger partial charge in [0.25, 0.3) is 0 Å². The van der Waals surface area contributed by atoms with Crippen LogP contribution in [0.5, 0.6) is 23.0 Å². The van der Waals surface area contributed by atoms with Crippen LogP contribution in [0.1, 0.15) is 15.9 Å². The third-order valence-corrected chi connectivity index (χ3v) is 6.17. The van der Waals surface area contributed by atoms with Crippen molar-refractivity contribution in [2.45, 2.75) is 49.2 Å². The van der Waals surface area contributed by atoms with Crippen molar-refractivity contribution in [3.63, 3.8) is 0 Å². The van der Waals surface area contributed by atoms with Crippen LogP contribution in [0.15, 0.2) is 41.4 Å². The molecule has 0 radical (unpaired) electrons. The number of aliphatic imine (C=N–C) groups is 1. The standard InChI is InChI=1S/C13H17N3O7.C12H14O7.CH5N3O.ClH.Na/c14-16-13(21)15-4-6-1-2-8(7(18)3-6)22-12-11(20)10(19)9(5-17)23-12;13-4-6-1-2-8(7(15)3-6)18-12-11(17)10(16)9(5-14)19-12;2-1(5)4-3;;/h1-4,9-12,17-20H,5,14H2,(H,16,21);1-4,9-12,14-17H,5H2;3H2,(H3,2,4,5);1H;/q;;;;+1/p-1. The van der Waals surface area contributed by atoms with Gasteiger partial charge in [-0.05, 0) is 35.9 Å². The monoisotopic (exact) mass is 730 g/mol. The Morgan fingerprint density at radius 2 is 1.33 bits per heavy atom. The van der Waals surface area contributed by atoms with Gasteiger partial charge in [-0.2, -0.15) is 0 Å². The number of primary amides is 1. The Balaban J connectivity index is 0.000000807. The first-order valence-electron chi connectivity index (χ1n) is 13.3. The molecular formula is C26H36ClN6NaO15. The number of benzene rings is 2. The summed E-state index contributed by atoms with van der Waals surface area (Å²) < 4.78 is 20.6. The number of halogens is 1. The molecule has 268 valence electrons. The van der Waals surface area contributed by atoms with Crippen LogP contribution in [0, 0.1) is 0 Å². The maximum Gasteiger partial charge on any atom is 1.00 e. The van der Waals surface area contributed by atoms with E-state index in [0.717, 1.165) is 6.07 Å². The van der Waals surface area contributed by atoms with E-state index in [9.17, 15) is 45.0 Å². The fourth-order valence-corrected chi connectivity index (χ4v) is 3.76. The molecule has 0 saturated carbocycles. The second-order valence-corrected chi connectivity index (χ2v) is 9.42. The molecule has 2 aromatic carbocycles. The average molecular weight is 731 g/mol. The van der Waals surface area contributed by atoms with Crippen molar-refractivity contribution < 1.29 is 104 Å². The van der Waals surface area contributed by atoms with E-state index in [4.69, 9.17) is 35.0 Å². The predicted octanol–water partition coefficient (Wildman–Crippen LogP) is -7.44. The summed E-state index contributed by atoms with van der Waals surface area (Å²) in [6.07, 6.45) is -8.06. The summed E-state index contributed by atoms with van der Waals surface area (Å²) in [4.78, 5) is 34.2. The van der Waals surface area contributed by atoms with E-state index in [0.29, 0.717) is 11.8 Å². The van der Waals surface area contributed by atoms with Gasteiger partial charge < -0.3 is 65.5 Å². The van der Waals surface area contributed by atoms with Crippen LogP contribution in [0.2, 0.25) is 0 Å². The minimum atomic E-state index is -1.37. The molecule has 23 heteroatoms. The zero-order valence-corrected chi connectivity index (χ0v) is 28.5. The van der Waals surface area contributed by atoms with Gasteiger partial charge in [-0.1, -0.05) is 11.8 Å².